The van der Waals surface area contributed by atoms with Crippen LogP contribution in [0.1, 0.15) is 32.1 Å². The van der Waals surface area contributed by atoms with Gasteiger partial charge >= 0.3 is 0 Å². The second-order valence-corrected chi connectivity index (χ2v) is 2.97. The van der Waals surface area contributed by atoms with Crippen LogP contribution in [0.15, 0.2) is 0 Å². The van der Waals surface area contributed by atoms with Crippen molar-refractivity contribution in [1.29, 1.82) is 0 Å². The van der Waals surface area contributed by atoms with Gasteiger partial charge in [-0.25, -0.2) is 0 Å². The van der Waals surface area contributed by atoms with Gasteiger partial charge < -0.3 is 11.5 Å². The summed E-state index contributed by atoms with van der Waals surface area (Å²) in [4.78, 5) is 0. The fraction of sp³-hybridized carbons (Fsp3) is 1.00. The predicted octanol–water partition coefficient (Wildman–Crippen LogP) is 1.03. The molecule has 1 saturated carbocycles. The summed E-state index contributed by atoms with van der Waals surface area (Å²) < 4.78 is 0. The molecule has 1 rings (SSSR count). The lowest BCUT2D eigenvalue weighted by Crippen LogP contribution is -2.40. The van der Waals surface area contributed by atoms with Crippen LogP contribution in [-0.2, 0) is 0 Å². The molecule has 1 unspecified atom stereocenters. The van der Waals surface area contributed by atoms with Crippen molar-refractivity contribution in [1.82, 2.24) is 0 Å². The van der Waals surface area contributed by atoms with Crippen LogP contribution in [-0.4, -0.2) is 12.1 Å². The number of nitrogens with two attached hydrogens (primary N) is 2. The summed E-state index contributed by atoms with van der Waals surface area (Å²) in [5, 5.41) is 0. The Balaban J connectivity index is 0.000000810. The SMILES string of the molecule is Cl.NC1CCCCC[C@H]1N. The maximum Gasteiger partial charge on any atom is 0.0192 e. The molecule has 0 heterocycles. The van der Waals surface area contributed by atoms with E-state index in [-0.39, 0.29) is 24.5 Å². The summed E-state index contributed by atoms with van der Waals surface area (Å²) in [6.07, 6.45) is 6.12. The number of halogens is 1. The second kappa shape index (κ2) is 4.94. The highest BCUT2D eigenvalue weighted by atomic mass is 35.5. The van der Waals surface area contributed by atoms with Crippen LogP contribution >= 0.6 is 12.4 Å². The highest BCUT2D eigenvalue weighted by molar-refractivity contribution is 5.85. The predicted molar refractivity (Wildman–Crippen MR) is 46.3 cm³/mol. The molecule has 2 atom stereocenters. The molecule has 1 aliphatic carbocycles. The molecule has 0 saturated heterocycles. The molecule has 1 fully saturated rings. The van der Waals surface area contributed by atoms with Crippen molar-refractivity contribution in [2.75, 3.05) is 0 Å². The van der Waals surface area contributed by atoms with Crippen LogP contribution < -0.4 is 11.5 Å². The smallest absolute Gasteiger partial charge is 0.0192 e. The highest BCUT2D eigenvalue weighted by Crippen LogP contribution is 2.14. The van der Waals surface area contributed by atoms with Gasteiger partial charge in [0.25, 0.3) is 0 Å². The fourth-order valence-corrected chi connectivity index (χ4v) is 1.37. The van der Waals surface area contributed by atoms with Gasteiger partial charge in [0.15, 0.2) is 0 Å². The molecule has 0 aromatic rings. The van der Waals surface area contributed by atoms with Crippen molar-refractivity contribution in [2.45, 2.75) is 44.2 Å². The Labute approximate surface area is 68.8 Å². The Kier molecular flexibility index (Phi) is 5.04. The van der Waals surface area contributed by atoms with E-state index in [4.69, 9.17) is 11.5 Å². The Morgan fingerprint density at radius 1 is 0.800 bits per heavy atom. The van der Waals surface area contributed by atoms with Crippen LogP contribution in [0.5, 0.6) is 0 Å². The van der Waals surface area contributed by atoms with E-state index in [9.17, 15) is 0 Å². The van der Waals surface area contributed by atoms with Gasteiger partial charge in [-0.1, -0.05) is 19.3 Å². The first kappa shape index (κ1) is 10.2. The van der Waals surface area contributed by atoms with Crippen LogP contribution in [0, 0.1) is 0 Å². The van der Waals surface area contributed by atoms with Gasteiger partial charge in [-0.3, -0.25) is 0 Å². The molecule has 0 amide bonds. The van der Waals surface area contributed by atoms with Crippen LogP contribution in [0.2, 0.25) is 0 Å². The molecule has 62 valence electrons. The van der Waals surface area contributed by atoms with E-state index in [1.807, 2.05) is 0 Å². The lowest BCUT2D eigenvalue weighted by atomic mass is 10.1. The molecule has 0 spiro atoms. The van der Waals surface area contributed by atoms with Gasteiger partial charge in [0.2, 0.25) is 0 Å². The third kappa shape index (κ3) is 2.86. The van der Waals surface area contributed by atoms with Crippen molar-refractivity contribution in [3.8, 4) is 0 Å². The Bertz CT molecular complexity index is 77.7. The monoisotopic (exact) mass is 164 g/mol. The molecule has 3 heteroatoms. The summed E-state index contributed by atoms with van der Waals surface area (Å²) in [7, 11) is 0. The van der Waals surface area contributed by atoms with Gasteiger partial charge in [-0.2, -0.15) is 0 Å². The van der Waals surface area contributed by atoms with Gasteiger partial charge in [0.1, 0.15) is 0 Å². The minimum Gasteiger partial charge on any atom is -0.326 e. The standard InChI is InChI=1S/C7H16N2.ClH/c8-6-4-2-1-3-5-7(6)9;/h6-7H,1-5,8-9H2;1H/t6-,7?;/m1./s1. The third-order valence-electron chi connectivity index (χ3n) is 2.12. The molecule has 4 N–H and O–H groups in total. The topological polar surface area (TPSA) is 52.0 Å². The van der Waals surface area contributed by atoms with E-state index in [2.05, 4.69) is 0 Å². The molecular formula is C7H17ClN2. The first-order valence-corrected chi connectivity index (χ1v) is 3.82. The number of rotatable bonds is 0. The van der Waals surface area contributed by atoms with Crippen LogP contribution in [0.3, 0.4) is 0 Å². The zero-order chi connectivity index (χ0) is 6.69. The Morgan fingerprint density at radius 2 is 1.20 bits per heavy atom. The van der Waals surface area contributed by atoms with Crippen molar-refractivity contribution in [2.24, 2.45) is 11.5 Å². The molecule has 2 nitrogen and oxygen atoms in total. The fourth-order valence-electron chi connectivity index (χ4n) is 1.37. The van der Waals surface area contributed by atoms with Crippen molar-refractivity contribution in [3.05, 3.63) is 0 Å². The first-order valence-electron chi connectivity index (χ1n) is 3.82. The van der Waals surface area contributed by atoms with E-state index in [0.29, 0.717) is 0 Å². The average molecular weight is 165 g/mol. The molecule has 0 bridgehead atoms. The van der Waals surface area contributed by atoms with E-state index in [1.54, 1.807) is 0 Å². The Hall–Kier alpha value is 0.210. The summed E-state index contributed by atoms with van der Waals surface area (Å²) >= 11 is 0. The number of hydrogen-bond acceptors (Lipinski definition) is 2. The van der Waals surface area contributed by atoms with Crippen molar-refractivity contribution >= 4 is 12.4 Å². The second-order valence-electron chi connectivity index (χ2n) is 2.97. The lowest BCUT2D eigenvalue weighted by Gasteiger charge is -2.14. The maximum absolute atomic E-state index is 5.75. The lowest BCUT2D eigenvalue weighted by molar-refractivity contribution is 0.500. The maximum atomic E-state index is 5.75. The zero-order valence-corrected chi connectivity index (χ0v) is 7.07. The van der Waals surface area contributed by atoms with Crippen LogP contribution in [0.4, 0.5) is 0 Å². The summed E-state index contributed by atoms with van der Waals surface area (Å²) in [5.41, 5.74) is 11.5. The van der Waals surface area contributed by atoms with Gasteiger partial charge in [0, 0.05) is 12.1 Å². The third-order valence-corrected chi connectivity index (χ3v) is 2.12. The van der Waals surface area contributed by atoms with E-state index >= 15 is 0 Å². The summed E-state index contributed by atoms with van der Waals surface area (Å²) in [6.45, 7) is 0. The largest absolute Gasteiger partial charge is 0.326 e. The molecule has 0 aromatic carbocycles. The first-order chi connectivity index (χ1) is 4.30. The van der Waals surface area contributed by atoms with Crippen LogP contribution in [0.25, 0.3) is 0 Å². The average Bonchev–Trinajstić information content (AvgIpc) is 1.99. The normalized spacial score (nSPS) is 34.2. The molecule has 0 aromatic heterocycles. The van der Waals surface area contributed by atoms with Gasteiger partial charge in [-0.05, 0) is 12.8 Å². The minimum atomic E-state index is 0. The van der Waals surface area contributed by atoms with Gasteiger partial charge in [0.05, 0.1) is 0 Å². The van der Waals surface area contributed by atoms with E-state index in [0.717, 1.165) is 12.8 Å². The molecular weight excluding hydrogens is 148 g/mol. The quantitative estimate of drug-likeness (QED) is 0.526. The minimum absolute atomic E-state index is 0. The molecule has 0 radical (unpaired) electrons. The molecule has 10 heavy (non-hydrogen) atoms. The van der Waals surface area contributed by atoms with E-state index < -0.39 is 0 Å². The molecule has 0 aliphatic heterocycles. The van der Waals surface area contributed by atoms with Crippen molar-refractivity contribution in [3.63, 3.8) is 0 Å². The van der Waals surface area contributed by atoms with E-state index in [1.165, 1.54) is 19.3 Å². The number of hydrogen-bond donors (Lipinski definition) is 2. The van der Waals surface area contributed by atoms with Crippen molar-refractivity contribution < 1.29 is 0 Å². The van der Waals surface area contributed by atoms with Gasteiger partial charge in [-0.15, -0.1) is 12.4 Å². The molecule has 1 aliphatic rings. The summed E-state index contributed by atoms with van der Waals surface area (Å²) in [6, 6.07) is 0.542. The summed E-state index contributed by atoms with van der Waals surface area (Å²) in [5.74, 6) is 0. The zero-order valence-electron chi connectivity index (χ0n) is 6.25. The highest BCUT2D eigenvalue weighted by Gasteiger charge is 2.15. The Morgan fingerprint density at radius 3 is 1.60 bits per heavy atom.